The molecule has 0 spiro atoms. The van der Waals surface area contributed by atoms with Crippen LogP contribution in [0.15, 0.2) is 15.9 Å². The summed E-state index contributed by atoms with van der Waals surface area (Å²) in [6.45, 7) is 3.66. The number of halogens is 1. The van der Waals surface area contributed by atoms with Crippen molar-refractivity contribution < 1.29 is 4.79 Å². The van der Waals surface area contributed by atoms with Gasteiger partial charge in [0, 0.05) is 40.3 Å². The maximum Gasteiger partial charge on any atom is 0.223 e. The summed E-state index contributed by atoms with van der Waals surface area (Å²) < 4.78 is 1.10. The SMILES string of the molecule is CC1CCCN(C(=O)CCc2cc(Br)cs2)C1CN. The Bertz CT molecular complexity index is 435. The first-order valence-electron chi connectivity index (χ1n) is 6.84. The van der Waals surface area contributed by atoms with Crippen molar-refractivity contribution in [1.29, 1.82) is 0 Å². The summed E-state index contributed by atoms with van der Waals surface area (Å²) in [4.78, 5) is 15.6. The number of hydrogen-bond acceptors (Lipinski definition) is 3. The minimum atomic E-state index is 0.233. The summed E-state index contributed by atoms with van der Waals surface area (Å²) >= 11 is 5.15. The van der Waals surface area contributed by atoms with Gasteiger partial charge < -0.3 is 10.6 Å². The lowest BCUT2D eigenvalue weighted by Gasteiger charge is -2.39. The van der Waals surface area contributed by atoms with E-state index in [0.717, 1.165) is 23.9 Å². The molecule has 1 aliphatic heterocycles. The van der Waals surface area contributed by atoms with Gasteiger partial charge in [-0.05, 0) is 47.2 Å². The average molecular weight is 345 g/mol. The maximum absolute atomic E-state index is 12.4. The van der Waals surface area contributed by atoms with Crippen LogP contribution in [0.3, 0.4) is 0 Å². The second kappa shape index (κ2) is 6.86. The molecule has 1 aliphatic rings. The number of nitrogens with two attached hydrogens (primary N) is 1. The summed E-state index contributed by atoms with van der Waals surface area (Å²) in [5, 5.41) is 2.06. The summed E-state index contributed by atoms with van der Waals surface area (Å²) in [5.74, 6) is 0.783. The largest absolute Gasteiger partial charge is 0.338 e. The van der Waals surface area contributed by atoms with Crippen molar-refractivity contribution in [2.24, 2.45) is 11.7 Å². The third kappa shape index (κ3) is 3.80. The highest BCUT2D eigenvalue weighted by Crippen LogP contribution is 2.25. The molecule has 1 saturated heterocycles. The lowest BCUT2D eigenvalue weighted by molar-refractivity contribution is -0.136. The van der Waals surface area contributed by atoms with E-state index in [1.165, 1.54) is 11.3 Å². The number of piperidine rings is 1. The Morgan fingerprint density at radius 3 is 3.05 bits per heavy atom. The van der Waals surface area contributed by atoms with Gasteiger partial charge in [0.2, 0.25) is 5.91 Å². The number of nitrogens with zero attached hydrogens (tertiary/aromatic N) is 1. The zero-order valence-electron chi connectivity index (χ0n) is 11.3. The smallest absolute Gasteiger partial charge is 0.223 e. The summed E-state index contributed by atoms with van der Waals surface area (Å²) in [6.07, 6.45) is 3.71. The molecule has 5 heteroatoms. The molecule has 3 nitrogen and oxygen atoms in total. The van der Waals surface area contributed by atoms with Gasteiger partial charge in [0.15, 0.2) is 0 Å². The van der Waals surface area contributed by atoms with Gasteiger partial charge in [0.25, 0.3) is 0 Å². The molecule has 2 heterocycles. The minimum absolute atomic E-state index is 0.233. The lowest BCUT2D eigenvalue weighted by atomic mass is 9.90. The van der Waals surface area contributed by atoms with Crippen LogP contribution in [0.5, 0.6) is 0 Å². The predicted octanol–water partition coefficient (Wildman–Crippen LogP) is 3.03. The molecule has 1 fully saturated rings. The Hall–Kier alpha value is -0.390. The van der Waals surface area contributed by atoms with Crippen molar-refractivity contribution >= 4 is 33.2 Å². The second-order valence-corrected chi connectivity index (χ2v) is 7.15. The molecule has 2 rings (SSSR count). The number of amides is 1. The number of rotatable bonds is 4. The first kappa shape index (κ1) is 15.0. The molecule has 19 heavy (non-hydrogen) atoms. The Labute approximate surface area is 127 Å². The lowest BCUT2D eigenvalue weighted by Crippen LogP contribution is -2.51. The average Bonchev–Trinajstić information content (AvgIpc) is 2.81. The number of hydrogen-bond donors (Lipinski definition) is 1. The molecule has 2 unspecified atom stereocenters. The minimum Gasteiger partial charge on any atom is -0.338 e. The first-order chi connectivity index (χ1) is 9.11. The van der Waals surface area contributed by atoms with E-state index in [4.69, 9.17) is 5.73 Å². The van der Waals surface area contributed by atoms with Crippen molar-refractivity contribution in [3.05, 3.63) is 20.8 Å². The fraction of sp³-hybridized carbons (Fsp3) is 0.643. The number of likely N-dealkylation sites (tertiary alicyclic amines) is 1. The Balaban J connectivity index is 1.91. The van der Waals surface area contributed by atoms with Crippen LogP contribution in [0, 0.1) is 5.92 Å². The third-order valence-electron chi connectivity index (χ3n) is 3.88. The molecule has 0 aromatic carbocycles. The van der Waals surface area contributed by atoms with E-state index in [1.54, 1.807) is 11.3 Å². The van der Waals surface area contributed by atoms with Crippen molar-refractivity contribution in [3.8, 4) is 0 Å². The Morgan fingerprint density at radius 1 is 1.63 bits per heavy atom. The zero-order valence-corrected chi connectivity index (χ0v) is 13.7. The molecule has 0 aliphatic carbocycles. The van der Waals surface area contributed by atoms with Crippen LogP contribution in [-0.4, -0.2) is 29.9 Å². The van der Waals surface area contributed by atoms with E-state index in [0.29, 0.717) is 18.9 Å². The van der Waals surface area contributed by atoms with Crippen molar-refractivity contribution in [2.75, 3.05) is 13.1 Å². The third-order valence-corrected chi connectivity index (χ3v) is 5.64. The normalized spacial score (nSPS) is 23.6. The van der Waals surface area contributed by atoms with Crippen LogP contribution >= 0.6 is 27.3 Å². The monoisotopic (exact) mass is 344 g/mol. The summed E-state index contributed by atoms with van der Waals surface area (Å²) in [6, 6.07) is 2.33. The van der Waals surface area contributed by atoms with Crippen molar-refractivity contribution in [3.63, 3.8) is 0 Å². The molecule has 2 N–H and O–H groups in total. The molecule has 0 saturated carbocycles. The van der Waals surface area contributed by atoms with Crippen LogP contribution < -0.4 is 5.73 Å². The number of aryl methyl sites for hydroxylation is 1. The quantitative estimate of drug-likeness (QED) is 0.912. The van der Waals surface area contributed by atoms with Gasteiger partial charge in [-0.1, -0.05) is 6.92 Å². The molecular weight excluding hydrogens is 324 g/mol. The second-order valence-electron chi connectivity index (χ2n) is 5.24. The van der Waals surface area contributed by atoms with Gasteiger partial charge in [-0.3, -0.25) is 4.79 Å². The summed E-state index contributed by atoms with van der Waals surface area (Å²) in [5.41, 5.74) is 5.83. The highest BCUT2D eigenvalue weighted by molar-refractivity contribution is 9.10. The predicted molar refractivity (Wildman–Crippen MR) is 83.3 cm³/mol. The van der Waals surface area contributed by atoms with Gasteiger partial charge in [-0.25, -0.2) is 0 Å². The van der Waals surface area contributed by atoms with Crippen LogP contribution in [0.25, 0.3) is 0 Å². The fourth-order valence-corrected chi connectivity index (χ4v) is 4.23. The van der Waals surface area contributed by atoms with Gasteiger partial charge in [-0.2, -0.15) is 0 Å². The van der Waals surface area contributed by atoms with E-state index >= 15 is 0 Å². The van der Waals surface area contributed by atoms with E-state index in [-0.39, 0.29) is 11.9 Å². The first-order valence-corrected chi connectivity index (χ1v) is 8.51. The molecule has 0 bridgehead atoms. The standard InChI is InChI=1S/C14H21BrN2OS/c1-10-3-2-6-17(13(10)8-16)14(18)5-4-12-7-11(15)9-19-12/h7,9-10,13H,2-6,8,16H2,1H3. The Kier molecular flexibility index (Phi) is 5.42. The number of carbonyl (C=O) groups is 1. The maximum atomic E-state index is 12.4. The van der Waals surface area contributed by atoms with Crippen LogP contribution in [0.1, 0.15) is 31.1 Å². The van der Waals surface area contributed by atoms with E-state index in [9.17, 15) is 4.79 Å². The molecule has 1 aromatic heterocycles. The molecular formula is C14H21BrN2OS. The van der Waals surface area contributed by atoms with Crippen molar-refractivity contribution in [2.45, 2.75) is 38.6 Å². The highest BCUT2D eigenvalue weighted by Gasteiger charge is 2.30. The zero-order chi connectivity index (χ0) is 13.8. The molecule has 2 atom stereocenters. The topological polar surface area (TPSA) is 46.3 Å². The number of carbonyl (C=O) groups excluding carboxylic acids is 1. The molecule has 1 amide bonds. The van der Waals surface area contributed by atoms with Gasteiger partial charge in [-0.15, -0.1) is 11.3 Å². The highest BCUT2D eigenvalue weighted by atomic mass is 79.9. The van der Waals surface area contributed by atoms with Crippen LogP contribution in [0.2, 0.25) is 0 Å². The van der Waals surface area contributed by atoms with Gasteiger partial charge >= 0.3 is 0 Å². The van der Waals surface area contributed by atoms with Crippen LogP contribution in [-0.2, 0) is 11.2 Å². The Morgan fingerprint density at radius 2 is 2.42 bits per heavy atom. The molecule has 1 aromatic rings. The molecule has 0 radical (unpaired) electrons. The summed E-state index contributed by atoms with van der Waals surface area (Å²) in [7, 11) is 0. The van der Waals surface area contributed by atoms with E-state index in [1.807, 2.05) is 4.90 Å². The van der Waals surface area contributed by atoms with Gasteiger partial charge in [0.05, 0.1) is 0 Å². The van der Waals surface area contributed by atoms with Crippen molar-refractivity contribution in [1.82, 2.24) is 4.90 Å². The number of thiophene rings is 1. The fourth-order valence-electron chi connectivity index (χ4n) is 2.78. The molecule has 106 valence electrons. The van der Waals surface area contributed by atoms with E-state index < -0.39 is 0 Å². The van der Waals surface area contributed by atoms with Gasteiger partial charge in [0.1, 0.15) is 0 Å². The van der Waals surface area contributed by atoms with E-state index in [2.05, 4.69) is 34.3 Å². The van der Waals surface area contributed by atoms with Crippen LogP contribution in [0.4, 0.5) is 0 Å².